The molecule has 0 spiro atoms. The van der Waals surface area contributed by atoms with Gasteiger partial charge in [0.2, 0.25) is 0 Å². The van der Waals surface area contributed by atoms with Gasteiger partial charge in [-0.2, -0.15) is 0 Å². The molecule has 0 bridgehead atoms. The molecule has 1 saturated heterocycles. The number of aliphatic hydroxyl groups is 1. The van der Waals surface area contributed by atoms with Crippen LogP contribution in [0.3, 0.4) is 0 Å². The molecule has 0 radical (unpaired) electrons. The molecular weight excluding hydrogens is 180 g/mol. The Bertz CT molecular complexity index is 181. The molecule has 0 aromatic rings. The topological polar surface area (TPSA) is 38.7 Å². The molecule has 0 aliphatic carbocycles. The van der Waals surface area contributed by atoms with E-state index in [9.17, 15) is 0 Å². The summed E-state index contributed by atoms with van der Waals surface area (Å²) in [7, 11) is 0. The van der Waals surface area contributed by atoms with Crippen LogP contribution in [0.2, 0.25) is 0 Å². The van der Waals surface area contributed by atoms with Gasteiger partial charge in [-0.15, -0.1) is 0 Å². The lowest BCUT2D eigenvalue weighted by atomic mass is 10.2. The maximum atomic E-state index is 8.45. The van der Waals surface area contributed by atoms with Crippen molar-refractivity contribution in [1.29, 1.82) is 0 Å². The molecule has 1 rings (SSSR count). The molecule has 1 N–H and O–H groups in total. The van der Waals surface area contributed by atoms with E-state index in [1.165, 1.54) is 6.42 Å². The van der Waals surface area contributed by atoms with Crippen molar-refractivity contribution in [3.8, 4) is 0 Å². The fraction of sp³-hybridized carbons (Fsp3) is 0.636. The molecule has 0 aromatic heterocycles. The van der Waals surface area contributed by atoms with Crippen LogP contribution in [0.1, 0.15) is 19.3 Å². The zero-order valence-electron chi connectivity index (χ0n) is 8.39. The second-order valence-electron chi connectivity index (χ2n) is 3.17. The Balaban J connectivity index is 2.02. The molecule has 1 aliphatic rings. The highest BCUT2D eigenvalue weighted by Crippen LogP contribution is 2.13. The van der Waals surface area contributed by atoms with Crippen molar-refractivity contribution < 1.29 is 14.6 Å². The normalized spacial score (nSPS) is 23.6. The maximum Gasteiger partial charge on any atom is 0.157 e. The largest absolute Gasteiger partial charge is 0.392 e. The van der Waals surface area contributed by atoms with Crippen LogP contribution < -0.4 is 0 Å². The van der Waals surface area contributed by atoms with Gasteiger partial charge in [-0.25, -0.2) is 0 Å². The molecule has 3 nitrogen and oxygen atoms in total. The number of ether oxygens (including phenoxy) is 2. The number of hydrogen-bond donors (Lipinski definition) is 1. The minimum atomic E-state index is -0.0183. The molecule has 80 valence electrons. The Hall–Kier alpha value is -0.640. The van der Waals surface area contributed by atoms with E-state index < -0.39 is 0 Å². The number of aliphatic hydroxyl groups excluding tert-OH is 1. The van der Waals surface area contributed by atoms with Gasteiger partial charge in [0.15, 0.2) is 6.29 Å². The number of rotatable bonds is 5. The summed E-state index contributed by atoms with van der Waals surface area (Å²) in [6, 6.07) is 0. The summed E-state index contributed by atoms with van der Waals surface area (Å²) in [5.74, 6) is 0. The summed E-state index contributed by atoms with van der Waals surface area (Å²) >= 11 is 0. The molecule has 0 aromatic carbocycles. The van der Waals surface area contributed by atoms with E-state index in [1.54, 1.807) is 12.2 Å². The fourth-order valence-electron chi connectivity index (χ4n) is 1.28. The van der Waals surface area contributed by atoms with Gasteiger partial charge >= 0.3 is 0 Å². The Kier molecular flexibility index (Phi) is 6.32. The van der Waals surface area contributed by atoms with Crippen molar-refractivity contribution >= 4 is 0 Å². The van der Waals surface area contributed by atoms with Crippen LogP contribution in [0.4, 0.5) is 0 Å². The maximum absolute atomic E-state index is 8.45. The van der Waals surface area contributed by atoms with Crippen LogP contribution in [0.25, 0.3) is 0 Å². The van der Waals surface area contributed by atoms with Crippen molar-refractivity contribution in [1.82, 2.24) is 0 Å². The van der Waals surface area contributed by atoms with Gasteiger partial charge in [0.05, 0.1) is 13.2 Å². The molecule has 1 heterocycles. The molecule has 1 unspecified atom stereocenters. The monoisotopic (exact) mass is 198 g/mol. The van der Waals surface area contributed by atoms with Gasteiger partial charge in [-0.1, -0.05) is 24.3 Å². The first-order chi connectivity index (χ1) is 6.93. The standard InChI is InChI=1S/C11H18O3/c12-8-4-1-2-5-9-13-11-7-3-6-10-14-11/h1-2,4-5,11-12H,3,6-10H2/b4-1+,5-2-. The molecule has 0 saturated carbocycles. The van der Waals surface area contributed by atoms with E-state index in [1.807, 2.05) is 12.2 Å². The van der Waals surface area contributed by atoms with E-state index in [2.05, 4.69) is 0 Å². The van der Waals surface area contributed by atoms with Gasteiger partial charge in [-0.3, -0.25) is 0 Å². The van der Waals surface area contributed by atoms with Gasteiger partial charge in [0, 0.05) is 6.61 Å². The summed E-state index contributed by atoms with van der Waals surface area (Å²) in [6.07, 6.45) is 10.6. The van der Waals surface area contributed by atoms with Crippen LogP contribution in [0, 0.1) is 0 Å². The van der Waals surface area contributed by atoms with Crippen LogP contribution in [-0.4, -0.2) is 31.2 Å². The predicted octanol–water partition coefficient (Wildman–Crippen LogP) is 1.63. The second-order valence-corrected chi connectivity index (χ2v) is 3.17. The average molecular weight is 198 g/mol. The molecule has 3 heteroatoms. The van der Waals surface area contributed by atoms with Crippen molar-refractivity contribution in [3.05, 3.63) is 24.3 Å². The molecule has 0 amide bonds. The summed E-state index contributed by atoms with van der Waals surface area (Å²) in [5.41, 5.74) is 0. The Morgan fingerprint density at radius 3 is 2.86 bits per heavy atom. The van der Waals surface area contributed by atoms with E-state index >= 15 is 0 Å². The Morgan fingerprint density at radius 2 is 2.14 bits per heavy atom. The van der Waals surface area contributed by atoms with Crippen LogP contribution >= 0.6 is 0 Å². The Morgan fingerprint density at radius 1 is 1.29 bits per heavy atom. The molecule has 14 heavy (non-hydrogen) atoms. The van der Waals surface area contributed by atoms with E-state index in [-0.39, 0.29) is 12.9 Å². The first-order valence-corrected chi connectivity index (χ1v) is 5.09. The van der Waals surface area contributed by atoms with Gasteiger partial charge in [0.25, 0.3) is 0 Å². The lowest BCUT2D eigenvalue weighted by Crippen LogP contribution is -2.22. The lowest BCUT2D eigenvalue weighted by molar-refractivity contribution is -0.155. The molecule has 1 fully saturated rings. The predicted molar refractivity (Wildman–Crippen MR) is 54.9 cm³/mol. The summed E-state index contributed by atoms with van der Waals surface area (Å²) in [5, 5.41) is 8.45. The third kappa shape index (κ3) is 5.17. The third-order valence-corrected chi connectivity index (χ3v) is 2.00. The van der Waals surface area contributed by atoms with Gasteiger partial charge < -0.3 is 14.6 Å². The number of allylic oxidation sites excluding steroid dienone is 2. The fourth-order valence-corrected chi connectivity index (χ4v) is 1.28. The summed E-state index contributed by atoms with van der Waals surface area (Å²) < 4.78 is 10.8. The zero-order valence-corrected chi connectivity index (χ0v) is 8.39. The quantitative estimate of drug-likeness (QED) is 0.682. The summed E-state index contributed by atoms with van der Waals surface area (Å²) in [6.45, 7) is 1.47. The van der Waals surface area contributed by atoms with Gasteiger partial charge in [-0.05, 0) is 19.3 Å². The first-order valence-electron chi connectivity index (χ1n) is 5.09. The molecule has 1 atom stereocenters. The minimum absolute atomic E-state index is 0.0183. The SMILES string of the molecule is OC/C=C/C=C\COC1CCCCO1. The van der Waals surface area contributed by atoms with E-state index in [4.69, 9.17) is 14.6 Å². The van der Waals surface area contributed by atoms with Crippen LogP contribution in [-0.2, 0) is 9.47 Å². The van der Waals surface area contributed by atoms with Gasteiger partial charge in [0.1, 0.15) is 0 Å². The van der Waals surface area contributed by atoms with E-state index in [0.29, 0.717) is 6.61 Å². The van der Waals surface area contributed by atoms with Crippen molar-refractivity contribution in [2.75, 3.05) is 19.8 Å². The van der Waals surface area contributed by atoms with E-state index in [0.717, 1.165) is 19.4 Å². The van der Waals surface area contributed by atoms with Crippen LogP contribution in [0.5, 0.6) is 0 Å². The smallest absolute Gasteiger partial charge is 0.157 e. The Labute approximate surface area is 85.0 Å². The minimum Gasteiger partial charge on any atom is -0.392 e. The highest BCUT2D eigenvalue weighted by Gasteiger charge is 2.12. The average Bonchev–Trinajstić information content (AvgIpc) is 2.25. The zero-order chi connectivity index (χ0) is 10.1. The highest BCUT2D eigenvalue weighted by atomic mass is 16.7. The second kappa shape index (κ2) is 7.74. The molecule has 1 aliphatic heterocycles. The summed E-state index contributed by atoms with van der Waals surface area (Å²) in [4.78, 5) is 0. The van der Waals surface area contributed by atoms with Crippen molar-refractivity contribution in [3.63, 3.8) is 0 Å². The first kappa shape index (κ1) is 11.4. The van der Waals surface area contributed by atoms with Crippen molar-refractivity contribution in [2.45, 2.75) is 25.6 Å². The third-order valence-electron chi connectivity index (χ3n) is 2.00. The van der Waals surface area contributed by atoms with Crippen LogP contribution in [0.15, 0.2) is 24.3 Å². The number of hydrogen-bond acceptors (Lipinski definition) is 3. The molecular formula is C11H18O3. The highest BCUT2D eigenvalue weighted by molar-refractivity contribution is 5.02. The van der Waals surface area contributed by atoms with Crippen molar-refractivity contribution in [2.24, 2.45) is 0 Å². The lowest BCUT2D eigenvalue weighted by Gasteiger charge is -2.21.